The highest BCUT2D eigenvalue weighted by Gasteiger charge is 2.29. The second-order valence-corrected chi connectivity index (χ2v) is 10.1. The van der Waals surface area contributed by atoms with E-state index in [0.29, 0.717) is 41.3 Å². The standard InChI is InChI=1S/C31H30N4O2/c1-21-12-14-24(15-13-21)35-31(37)29-27(25-10-6-7-11-26(25)33(29)2)28(32-35)30(36)34-18-16-23(17-19-34)20-22-8-4-3-5-9-22/h3-15,23H,16-20H2,1-2H3. The number of hydrogen-bond donors (Lipinski definition) is 0. The van der Waals surface area contributed by atoms with Gasteiger partial charge in [0, 0.05) is 36.4 Å². The number of nitrogens with zero attached hydrogens (tertiary/aromatic N) is 4. The lowest BCUT2D eigenvalue weighted by atomic mass is 9.90. The fraction of sp³-hybridized carbons (Fsp3) is 0.258. The van der Waals surface area contributed by atoms with Crippen LogP contribution in [0.3, 0.4) is 0 Å². The molecule has 1 aliphatic rings. The predicted octanol–water partition coefficient (Wildman–Crippen LogP) is 5.28. The Labute approximate surface area is 215 Å². The summed E-state index contributed by atoms with van der Waals surface area (Å²) < 4.78 is 3.28. The molecule has 5 aromatic rings. The smallest absolute Gasteiger partial charge is 0.296 e. The van der Waals surface area contributed by atoms with E-state index in [4.69, 9.17) is 5.10 Å². The Hall–Kier alpha value is -4.19. The molecule has 1 aliphatic heterocycles. The van der Waals surface area contributed by atoms with Gasteiger partial charge >= 0.3 is 0 Å². The average Bonchev–Trinajstić information content (AvgIpc) is 3.23. The first-order valence-corrected chi connectivity index (χ1v) is 12.9. The average molecular weight is 491 g/mol. The van der Waals surface area contributed by atoms with Gasteiger partial charge in [0.1, 0.15) is 5.52 Å². The summed E-state index contributed by atoms with van der Waals surface area (Å²) in [5.41, 5.74) is 4.61. The largest absolute Gasteiger partial charge is 0.339 e. The molecule has 1 fully saturated rings. The minimum Gasteiger partial charge on any atom is -0.339 e. The molecule has 37 heavy (non-hydrogen) atoms. The molecule has 0 aliphatic carbocycles. The number of piperidine rings is 1. The molecule has 186 valence electrons. The third kappa shape index (κ3) is 4.12. The summed E-state index contributed by atoms with van der Waals surface area (Å²) in [4.78, 5) is 29.7. The van der Waals surface area contributed by atoms with Gasteiger partial charge in [-0.15, -0.1) is 0 Å². The van der Waals surface area contributed by atoms with E-state index >= 15 is 0 Å². The van der Waals surface area contributed by atoms with Crippen LogP contribution in [0.4, 0.5) is 0 Å². The van der Waals surface area contributed by atoms with Crippen molar-refractivity contribution >= 4 is 27.7 Å². The molecule has 3 heterocycles. The van der Waals surface area contributed by atoms with Crippen LogP contribution in [0.5, 0.6) is 0 Å². The van der Waals surface area contributed by atoms with Crippen molar-refractivity contribution in [1.29, 1.82) is 0 Å². The third-order valence-electron chi connectivity index (χ3n) is 7.69. The van der Waals surface area contributed by atoms with Crippen LogP contribution in [0.2, 0.25) is 0 Å². The van der Waals surface area contributed by atoms with Crippen molar-refractivity contribution in [1.82, 2.24) is 19.2 Å². The molecule has 0 saturated carbocycles. The van der Waals surface area contributed by atoms with E-state index in [1.54, 1.807) is 0 Å². The molecule has 6 rings (SSSR count). The molecule has 6 heteroatoms. The number of amides is 1. The first kappa shape index (κ1) is 23.2. The summed E-state index contributed by atoms with van der Waals surface area (Å²) in [7, 11) is 1.88. The summed E-state index contributed by atoms with van der Waals surface area (Å²) >= 11 is 0. The van der Waals surface area contributed by atoms with Gasteiger partial charge in [-0.25, -0.2) is 0 Å². The maximum absolute atomic E-state index is 14.0. The highest BCUT2D eigenvalue weighted by molar-refractivity contribution is 6.16. The number of benzene rings is 3. The van der Waals surface area contributed by atoms with Crippen molar-refractivity contribution in [2.24, 2.45) is 13.0 Å². The lowest BCUT2D eigenvalue weighted by Gasteiger charge is -2.32. The molecular weight excluding hydrogens is 460 g/mol. The van der Waals surface area contributed by atoms with Gasteiger partial charge in [-0.3, -0.25) is 9.59 Å². The van der Waals surface area contributed by atoms with E-state index in [0.717, 1.165) is 35.7 Å². The zero-order valence-corrected chi connectivity index (χ0v) is 21.2. The second-order valence-electron chi connectivity index (χ2n) is 10.1. The van der Waals surface area contributed by atoms with Crippen LogP contribution in [0.25, 0.3) is 27.5 Å². The van der Waals surface area contributed by atoms with Gasteiger partial charge in [0.05, 0.1) is 5.69 Å². The highest BCUT2D eigenvalue weighted by atomic mass is 16.2. The van der Waals surface area contributed by atoms with Crippen LogP contribution in [0.1, 0.15) is 34.5 Å². The number of aryl methyl sites for hydroxylation is 2. The van der Waals surface area contributed by atoms with E-state index in [-0.39, 0.29) is 11.5 Å². The molecule has 2 aromatic heterocycles. The first-order chi connectivity index (χ1) is 18.0. The zero-order valence-electron chi connectivity index (χ0n) is 21.2. The number of fused-ring (bicyclic) bond motifs is 3. The Morgan fingerprint density at radius 1 is 0.919 bits per heavy atom. The summed E-state index contributed by atoms with van der Waals surface area (Å²) in [6.45, 7) is 3.38. The summed E-state index contributed by atoms with van der Waals surface area (Å²) in [6.07, 6.45) is 2.95. The quantitative estimate of drug-likeness (QED) is 0.344. The third-order valence-corrected chi connectivity index (χ3v) is 7.69. The number of carbonyl (C=O) groups is 1. The summed E-state index contributed by atoms with van der Waals surface area (Å²) in [5.74, 6) is 0.443. The maximum atomic E-state index is 14.0. The van der Waals surface area contributed by atoms with Crippen LogP contribution in [0, 0.1) is 12.8 Å². The van der Waals surface area contributed by atoms with Crippen molar-refractivity contribution in [3.63, 3.8) is 0 Å². The monoisotopic (exact) mass is 490 g/mol. The van der Waals surface area contributed by atoms with Crippen LogP contribution >= 0.6 is 0 Å². The van der Waals surface area contributed by atoms with Crippen molar-refractivity contribution in [2.75, 3.05) is 13.1 Å². The minimum atomic E-state index is -0.226. The van der Waals surface area contributed by atoms with Crippen molar-refractivity contribution < 1.29 is 4.79 Å². The summed E-state index contributed by atoms with van der Waals surface area (Å²) in [6, 6.07) is 26.1. The topological polar surface area (TPSA) is 60.1 Å². The molecule has 0 N–H and O–H groups in total. The number of likely N-dealkylation sites (tertiary alicyclic amines) is 1. The molecular formula is C31H30N4O2. The fourth-order valence-electron chi connectivity index (χ4n) is 5.63. The lowest BCUT2D eigenvalue weighted by Crippen LogP contribution is -2.40. The summed E-state index contributed by atoms with van der Waals surface area (Å²) in [5, 5.41) is 6.24. The second kappa shape index (κ2) is 9.36. The van der Waals surface area contributed by atoms with Gasteiger partial charge < -0.3 is 9.47 Å². The number of aromatic nitrogens is 3. The first-order valence-electron chi connectivity index (χ1n) is 12.9. The van der Waals surface area contributed by atoms with E-state index in [9.17, 15) is 9.59 Å². The number of para-hydroxylation sites is 1. The lowest BCUT2D eigenvalue weighted by molar-refractivity contribution is 0.0685. The Morgan fingerprint density at radius 3 is 2.32 bits per heavy atom. The van der Waals surface area contributed by atoms with E-state index < -0.39 is 0 Å². The van der Waals surface area contributed by atoms with Crippen LogP contribution in [-0.4, -0.2) is 38.2 Å². The van der Waals surface area contributed by atoms with E-state index in [1.807, 2.05) is 78.0 Å². The van der Waals surface area contributed by atoms with E-state index in [1.165, 1.54) is 10.2 Å². The Bertz CT molecular complexity index is 1660. The number of hydrogen-bond acceptors (Lipinski definition) is 3. The Morgan fingerprint density at radius 2 is 1.59 bits per heavy atom. The Balaban J connectivity index is 1.41. The van der Waals surface area contributed by atoms with Crippen LogP contribution < -0.4 is 5.56 Å². The predicted molar refractivity (Wildman–Crippen MR) is 147 cm³/mol. The molecule has 0 bridgehead atoms. The minimum absolute atomic E-state index is 0.111. The van der Waals surface area contributed by atoms with Gasteiger partial charge in [0.2, 0.25) is 0 Å². The molecule has 0 unspecified atom stereocenters. The van der Waals surface area contributed by atoms with E-state index in [2.05, 4.69) is 24.3 Å². The molecule has 0 atom stereocenters. The normalized spacial score (nSPS) is 14.5. The van der Waals surface area contributed by atoms with Crippen molar-refractivity contribution in [3.05, 3.63) is 106 Å². The van der Waals surface area contributed by atoms with Gasteiger partial charge in [0.25, 0.3) is 11.5 Å². The SMILES string of the molecule is Cc1ccc(-n2nc(C(=O)N3CCC(Cc4ccccc4)CC3)c3c4ccccc4n(C)c3c2=O)cc1. The van der Waals surface area contributed by atoms with Gasteiger partial charge in [-0.2, -0.15) is 9.78 Å². The zero-order chi connectivity index (χ0) is 25.5. The molecule has 1 saturated heterocycles. The molecule has 1 amide bonds. The fourth-order valence-corrected chi connectivity index (χ4v) is 5.63. The molecule has 3 aromatic carbocycles. The van der Waals surface area contributed by atoms with Gasteiger partial charge in [-0.1, -0.05) is 66.2 Å². The molecule has 0 radical (unpaired) electrons. The van der Waals surface area contributed by atoms with Gasteiger partial charge in [0.15, 0.2) is 5.69 Å². The molecule has 0 spiro atoms. The molecule has 6 nitrogen and oxygen atoms in total. The van der Waals surface area contributed by atoms with Crippen LogP contribution in [-0.2, 0) is 13.5 Å². The van der Waals surface area contributed by atoms with Gasteiger partial charge in [-0.05, 0) is 55.9 Å². The number of rotatable bonds is 4. The number of carbonyl (C=O) groups excluding carboxylic acids is 1. The Kier molecular flexibility index (Phi) is 5.87. The highest BCUT2D eigenvalue weighted by Crippen LogP contribution is 2.30. The van der Waals surface area contributed by atoms with Crippen molar-refractivity contribution in [2.45, 2.75) is 26.2 Å². The van der Waals surface area contributed by atoms with Crippen molar-refractivity contribution in [3.8, 4) is 5.69 Å². The van der Waals surface area contributed by atoms with Crippen LogP contribution in [0.15, 0.2) is 83.7 Å². The maximum Gasteiger partial charge on any atom is 0.296 e.